The SMILES string of the molecule is CCCCC(CNC=O)c1cnc[nH]1. The van der Waals surface area contributed by atoms with Crippen LogP contribution in [0.25, 0.3) is 0 Å². The monoisotopic (exact) mass is 195 g/mol. The third-order valence-corrected chi connectivity index (χ3v) is 2.31. The molecule has 1 unspecified atom stereocenters. The molecule has 0 saturated heterocycles. The lowest BCUT2D eigenvalue weighted by molar-refractivity contribution is -0.109. The van der Waals surface area contributed by atoms with Crippen LogP contribution in [-0.2, 0) is 4.79 Å². The Morgan fingerprint density at radius 2 is 2.57 bits per heavy atom. The molecular formula is C10H17N3O. The van der Waals surface area contributed by atoms with Crippen LogP contribution in [0.4, 0.5) is 0 Å². The van der Waals surface area contributed by atoms with Crippen LogP contribution in [0, 0.1) is 0 Å². The maximum absolute atomic E-state index is 10.2. The number of aromatic amines is 1. The molecule has 0 radical (unpaired) electrons. The standard InChI is InChI=1S/C10H17N3O/c1-2-3-4-9(5-12-8-14)10-6-11-7-13-10/h6-9H,2-5H2,1H3,(H,11,13)(H,12,14). The molecule has 4 heteroatoms. The van der Waals surface area contributed by atoms with Gasteiger partial charge in [-0.15, -0.1) is 0 Å². The number of carbonyl (C=O) groups is 1. The third kappa shape index (κ3) is 3.20. The van der Waals surface area contributed by atoms with Crippen molar-refractivity contribution >= 4 is 6.41 Å². The van der Waals surface area contributed by atoms with Crippen molar-refractivity contribution in [3.63, 3.8) is 0 Å². The number of hydrogen-bond donors (Lipinski definition) is 2. The molecule has 1 aromatic heterocycles. The summed E-state index contributed by atoms with van der Waals surface area (Å²) in [6, 6.07) is 0. The highest BCUT2D eigenvalue weighted by atomic mass is 16.1. The molecule has 0 aliphatic carbocycles. The van der Waals surface area contributed by atoms with E-state index in [0.29, 0.717) is 12.5 Å². The summed E-state index contributed by atoms with van der Waals surface area (Å²) in [4.78, 5) is 17.3. The topological polar surface area (TPSA) is 57.8 Å². The minimum absolute atomic E-state index is 0.364. The molecule has 0 spiro atoms. The van der Waals surface area contributed by atoms with E-state index in [1.807, 2.05) is 6.20 Å². The van der Waals surface area contributed by atoms with Gasteiger partial charge in [0.1, 0.15) is 0 Å². The highest BCUT2D eigenvalue weighted by molar-refractivity contribution is 5.46. The molecule has 0 saturated carbocycles. The lowest BCUT2D eigenvalue weighted by Gasteiger charge is -2.13. The third-order valence-electron chi connectivity index (χ3n) is 2.31. The van der Waals surface area contributed by atoms with Crippen LogP contribution >= 0.6 is 0 Å². The summed E-state index contributed by atoms with van der Waals surface area (Å²) in [6.07, 6.45) is 7.67. The van der Waals surface area contributed by atoms with Crippen molar-refractivity contribution in [2.24, 2.45) is 0 Å². The quantitative estimate of drug-likeness (QED) is 0.647. The van der Waals surface area contributed by atoms with Crippen LogP contribution in [0.2, 0.25) is 0 Å². The van der Waals surface area contributed by atoms with Crippen molar-refractivity contribution < 1.29 is 4.79 Å². The summed E-state index contributed by atoms with van der Waals surface area (Å²) < 4.78 is 0. The van der Waals surface area contributed by atoms with E-state index in [1.54, 1.807) is 6.33 Å². The number of hydrogen-bond acceptors (Lipinski definition) is 2. The molecule has 0 aromatic carbocycles. The molecule has 1 aromatic rings. The van der Waals surface area contributed by atoms with Gasteiger partial charge in [-0.2, -0.15) is 0 Å². The van der Waals surface area contributed by atoms with Crippen LogP contribution in [0.1, 0.15) is 37.8 Å². The zero-order valence-electron chi connectivity index (χ0n) is 8.49. The molecule has 2 N–H and O–H groups in total. The molecule has 4 nitrogen and oxygen atoms in total. The fourth-order valence-corrected chi connectivity index (χ4v) is 1.50. The van der Waals surface area contributed by atoms with Gasteiger partial charge in [0.2, 0.25) is 6.41 Å². The van der Waals surface area contributed by atoms with Crippen molar-refractivity contribution in [1.29, 1.82) is 0 Å². The second-order valence-electron chi connectivity index (χ2n) is 3.37. The van der Waals surface area contributed by atoms with Crippen LogP contribution in [0.5, 0.6) is 0 Å². The number of unbranched alkanes of at least 4 members (excludes halogenated alkanes) is 1. The average molecular weight is 195 g/mol. The highest BCUT2D eigenvalue weighted by Gasteiger charge is 2.11. The normalized spacial score (nSPS) is 12.4. The van der Waals surface area contributed by atoms with Gasteiger partial charge in [-0.3, -0.25) is 4.79 Å². The van der Waals surface area contributed by atoms with E-state index in [0.717, 1.165) is 18.5 Å². The first-order chi connectivity index (χ1) is 6.88. The van der Waals surface area contributed by atoms with E-state index in [-0.39, 0.29) is 0 Å². The molecule has 0 aliphatic rings. The maximum Gasteiger partial charge on any atom is 0.207 e. The number of rotatable bonds is 7. The molecule has 0 aliphatic heterocycles. The number of H-pyrrole nitrogens is 1. The maximum atomic E-state index is 10.2. The second-order valence-corrected chi connectivity index (χ2v) is 3.37. The number of imidazole rings is 1. The van der Waals surface area contributed by atoms with E-state index in [9.17, 15) is 4.79 Å². The van der Waals surface area contributed by atoms with Gasteiger partial charge in [0.15, 0.2) is 0 Å². The first-order valence-corrected chi connectivity index (χ1v) is 5.03. The molecule has 1 rings (SSSR count). The minimum Gasteiger partial charge on any atom is -0.358 e. The summed E-state index contributed by atoms with van der Waals surface area (Å²) in [5, 5.41) is 2.72. The van der Waals surface area contributed by atoms with Crippen LogP contribution in [0.3, 0.4) is 0 Å². The van der Waals surface area contributed by atoms with Crippen LogP contribution in [-0.4, -0.2) is 22.9 Å². The number of aromatic nitrogens is 2. The van der Waals surface area contributed by atoms with Crippen LogP contribution in [0.15, 0.2) is 12.5 Å². The summed E-state index contributed by atoms with van der Waals surface area (Å²) >= 11 is 0. The Labute approximate surface area is 84.1 Å². The summed E-state index contributed by atoms with van der Waals surface area (Å²) in [7, 11) is 0. The van der Waals surface area contributed by atoms with E-state index in [2.05, 4.69) is 22.2 Å². The lowest BCUT2D eigenvalue weighted by atomic mass is 9.99. The first-order valence-electron chi connectivity index (χ1n) is 5.03. The van der Waals surface area contributed by atoms with E-state index >= 15 is 0 Å². The van der Waals surface area contributed by atoms with Crippen molar-refractivity contribution in [3.8, 4) is 0 Å². The Hall–Kier alpha value is -1.32. The Morgan fingerprint density at radius 3 is 3.14 bits per heavy atom. The number of amides is 1. The van der Waals surface area contributed by atoms with Gasteiger partial charge in [0.25, 0.3) is 0 Å². The fraction of sp³-hybridized carbons (Fsp3) is 0.600. The molecule has 14 heavy (non-hydrogen) atoms. The van der Waals surface area contributed by atoms with Crippen LogP contribution < -0.4 is 5.32 Å². The molecule has 1 amide bonds. The predicted molar refractivity (Wildman–Crippen MR) is 54.9 cm³/mol. The smallest absolute Gasteiger partial charge is 0.207 e. The summed E-state index contributed by atoms with van der Waals surface area (Å²) in [5.74, 6) is 0.364. The number of carbonyl (C=O) groups excluding carboxylic acids is 1. The van der Waals surface area contributed by atoms with Gasteiger partial charge in [0, 0.05) is 24.4 Å². The first kappa shape index (κ1) is 10.8. The van der Waals surface area contributed by atoms with Gasteiger partial charge < -0.3 is 10.3 Å². The van der Waals surface area contributed by atoms with Gasteiger partial charge in [-0.05, 0) is 6.42 Å². The zero-order chi connectivity index (χ0) is 10.2. The molecule has 0 bridgehead atoms. The summed E-state index contributed by atoms with van der Waals surface area (Å²) in [5.41, 5.74) is 1.10. The van der Waals surface area contributed by atoms with E-state index < -0.39 is 0 Å². The Bertz CT molecular complexity index is 246. The fourth-order valence-electron chi connectivity index (χ4n) is 1.50. The molecule has 1 atom stereocenters. The molecule has 0 fully saturated rings. The van der Waals surface area contributed by atoms with Crippen molar-refractivity contribution in [1.82, 2.24) is 15.3 Å². The Balaban J connectivity index is 2.48. The second kappa shape index (κ2) is 6.18. The largest absolute Gasteiger partial charge is 0.358 e. The molecular weight excluding hydrogens is 178 g/mol. The van der Waals surface area contributed by atoms with Crippen molar-refractivity contribution in [2.75, 3.05) is 6.54 Å². The molecule has 1 heterocycles. The average Bonchev–Trinajstić information content (AvgIpc) is 2.71. The van der Waals surface area contributed by atoms with Gasteiger partial charge >= 0.3 is 0 Å². The van der Waals surface area contributed by atoms with Crippen molar-refractivity contribution in [3.05, 3.63) is 18.2 Å². The predicted octanol–water partition coefficient (Wildman–Crippen LogP) is 1.43. The molecule has 78 valence electrons. The van der Waals surface area contributed by atoms with E-state index in [4.69, 9.17) is 0 Å². The minimum atomic E-state index is 0.364. The Kier molecular flexibility index (Phi) is 4.75. The van der Waals surface area contributed by atoms with Gasteiger partial charge in [-0.1, -0.05) is 19.8 Å². The summed E-state index contributed by atoms with van der Waals surface area (Å²) in [6.45, 7) is 2.85. The lowest BCUT2D eigenvalue weighted by Crippen LogP contribution is -2.20. The van der Waals surface area contributed by atoms with E-state index in [1.165, 1.54) is 12.8 Å². The Morgan fingerprint density at radius 1 is 1.71 bits per heavy atom. The zero-order valence-corrected chi connectivity index (χ0v) is 8.49. The van der Waals surface area contributed by atoms with Gasteiger partial charge in [0.05, 0.1) is 6.33 Å². The van der Waals surface area contributed by atoms with Gasteiger partial charge in [-0.25, -0.2) is 4.98 Å². The van der Waals surface area contributed by atoms with Crippen molar-refractivity contribution in [2.45, 2.75) is 32.1 Å². The number of nitrogens with zero attached hydrogens (tertiary/aromatic N) is 1. The highest BCUT2D eigenvalue weighted by Crippen LogP contribution is 2.18. The number of nitrogens with one attached hydrogen (secondary N) is 2.